The lowest BCUT2D eigenvalue weighted by Gasteiger charge is -2.24. The third-order valence-electron chi connectivity index (χ3n) is 3.43. The van der Waals surface area contributed by atoms with Crippen molar-refractivity contribution >= 4 is 5.91 Å². The first-order valence-corrected chi connectivity index (χ1v) is 6.79. The number of carbonyl (C=O) groups excluding carboxylic acids is 1. The Morgan fingerprint density at radius 1 is 1.53 bits per heavy atom. The van der Waals surface area contributed by atoms with Gasteiger partial charge in [0.25, 0.3) is 0 Å². The van der Waals surface area contributed by atoms with Crippen LogP contribution in [0.5, 0.6) is 0 Å². The largest absolute Gasteiger partial charge is 0.472 e. The third kappa shape index (κ3) is 3.58. The zero-order valence-corrected chi connectivity index (χ0v) is 11.6. The maximum absolute atomic E-state index is 12.4. The second-order valence-corrected chi connectivity index (χ2v) is 5.03. The Bertz CT molecular complexity index is 391. The summed E-state index contributed by atoms with van der Waals surface area (Å²) in [5.41, 5.74) is 1.01. The van der Waals surface area contributed by atoms with Crippen LogP contribution in [0.3, 0.4) is 0 Å². The van der Waals surface area contributed by atoms with Gasteiger partial charge in [-0.05, 0) is 19.0 Å². The maximum Gasteiger partial charge on any atom is 0.229 e. The summed E-state index contributed by atoms with van der Waals surface area (Å²) < 4.78 is 10.5. The second kappa shape index (κ2) is 6.73. The molecule has 5 nitrogen and oxygen atoms in total. The summed E-state index contributed by atoms with van der Waals surface area (Å²) in [7, 11) is 1.82. The van der Waals surface area contributed by atoms with Crippen molar-refractivity contribution in [3.8, 4) is 0 Å². The van der Waals surface area contributed by atoms with Crippen LogP contribution >= 0.6 is 0 Å². The molecule has 106 valence electrons. The molecule has 0 bridgehead atoms. The molecule has 2 atom stereocenters. The van der Waals surface area contributed by atoms with Crippen molar-refractivity contribution in [1.29, 1.82) is 0 Å². The molecule has 1 aromatic rings. The minimum absolute atomic E-state index is 0.0801. The van der Waals surface area contributed by atoms with E-state index in [4.69, 9.17) is 9.15 Å². The quantitative estimate of drug-likeness (QED) is 0.842. The van der Waals surface area contributed by atoms with E-state index in [1.54, 1.807) is 17.4 Å². The van der Waals surface area contributed by atoms with Gasteiger partial charge in [-0.2, -0.15) is 0 Å². The molecule has 5 heteroatoms. The Balaban J connectivity index is 1.90. The molecule has 0 radical (unpaired) electrons. The number of rotatable bonds is 6. The molecule has 2 heterocycles. The van der Waals surface area contributed by atoms with Gasteiger partial charge in [0.15, 0.2) is 0 Å². The zero-order valence-electron chi connectivity index (χ0n) is 11.6. The highest BCUT2D eigenvalue weighted by Gasteiger charge is 2.35. The minimum Gasteiger partial charge on any atom is -0.472 e. The first kappa shape index (κ1) is 14.1. The zero-order chi connectivity index (χ0) is 13.7. The number of carbonyl (C=O) groups is 1. The van der Waals surface area contributed by atoms with Gasteiger partial charge in [0.05, 0.1) is 31.7 Å². The fourth-order valence-corrected chi connectivity index (χ4v) is 2.35. The fourth-order valence-electron chi connectivity index (χ4n) is 2.35. The summed E-state index contributed by atoms with van der Waals surface area (Å²) in [5, 5.41) is 3.38. The number of hydrogen-bond donors (Lipinski definition) is 1. The topological polar surface area (TPSA) is 54.7 Å². The van der Waals surface area contributed by atoms with Crippen LogP contribution in [-0.2, 0) is 16.1 Å². The van der Waals surface area contributed by atoms with E-state index < -0.39 is 0 Å². The van der Waals surface area contributed by atoms with Crippen LogP contribution in [0.25, 0.3) is 0 Å². The standard InChI is InChI=1S/C14H22N2O3/c1-3-5-15-13-10-19-9-12(13)14(17)16(2)7-11-4-6-18-8-11/h4,6,8,12-13,15H,3,5,7,9-10H2,1-2H3. The first-order valence-electron chi connectivity index (χ1n) is 6.79. The van der Waals surface area contributed by atoms with Crippen LogP contribution in [0.2, 0.25) is 0 Å². The summed E-state index contributed by atoms with van der Waals surface area (Å²) >= 11 is 0. The molecular formula is C14H22N2O3. The maximum atomic E-state index is 12.4. The Morgan fingerprint density at radius 2 is 2.37 bits per heavy atom. The van der Waals surface area contributed by atoms with E-state index in [-0.39, 0.29) is 17.9 Å². The highest BCUT2D eigenvalue weighted by molar-refractivity contribution is 5.79. The van der Waals surface area contributed by atoms with E-state index in [9.17, 15) is 4.79 Å². The van der Waals surface area contributed by atoms with E-state index >= 15 is 0 Å². The number of nitrogens with zero attached hydrogens (tertiary/aromatic N) is 1. The van der Waals surface area contributed by atoms with Gasteiger partial charge in [0.2, 0.25) is 5.91 Å². The lowest BCUT2D eigenvalue weighted by molar-refractivity contribution is -0.135. The van der Waals surface area contributed by atoms with Crippen molar-refractivity contribution < 1.29 is 13.9 Å². The average Bonchev–Trinajstić information content (AvgIpc) is 3.06. The van der Waals surface area contributed by atoms with Gasteiger partial charge in [-0.1, -0.05) is 6.92 Å². The van der Waals surface area contributed by atoms with E-state index in [0.29, 0.717) is 19.8 Å². The summed E-state index contributed by atoms with van der Waals surface area (Å²) in [6.45, 7) is 4.74. The number of furan rings is 1. The smallest absolute Gasteiger partial charge is 0.229 e. The Morgan fingerprint density at radius 3 is 3.05 bits per heavy atom. The summed E-state index contributed by atoms with van der Waals surface area (Å²) in [4.78, 5) is 14.2. The predicted octanol–water partition coefficient (Wildman–Crippen LogP) is 1.25. The van der Waals surface area contributed by atoms with E-state index in [2.05, 4.69) is 12.2 Å². The van der Waals surface area contributed by atoms with Crippen molar-refractivity contribution in [2.75, 3.05) is 26.8 Å². The monoisotopic (exact) mass is 266 g/mol. The molecule has 0 aliphatic carbocycles. The number of nitrogens with one attached hydrogen (secondary N) is 1. The second-order valence-electron chi connectivity index (χ2n) is 5.03. The highest BCUT2D eigenvalue weighted by Crippen LogP contribution is 2.17. The number of amides is 1. The van der Waals surface area contributed by atoms with Crippen molar-refractivity contribution in [3.05, 3.63) is 24.2 Å². The molecule has 1 amide bonds. The molecule has 2 rings (SSSR count). The average molecular weight is 266 g/mol. The van der Waals surface area contributed by atoms with Gasteiger partial charge < -0.3 is 19.4 Å². The highest BCUT2D eigenvalue weighted by atomic mass is 16.5. The third-order valence-corrected chi connectivity index (χ3v) is 3.43. The lowest BCUT2D eigenvalue weighted by atomic mass is 10.0. The summed E-state index contributed by atoms with van der Waals surface area (Å²) in [5.74, 6) is 0.0516. The number of hydrogen-bond acceptors (Lipinski definition) is 4. The molecule has 19 heavy (non-hydrogen) atoms. The normalized spacial score (nSPS) is 22.6. The molecule has 1 aliphatic heterocycles. The van der Waals surface area contributed by atoms with Crippen LogP contribution in [-0.4, -0.2) is 43.7 Å². The molecule has 1 aliphatic rings. The lowest BCUT2D eigenvalue weighted by Crippen LogP contribution is -2.44. The Hall–Kier alpha value is -1.33. The van der Waals surface area contributed by atoms with Crippen LogP contribution in [0.4, 0.5) is 0 Å². The van der Waals surface area contributed by atoms with E-state index in [1.165, 1.54) is 0 Å². The van der Waals surface area contributed by atoms with Gasteiger partial charge in [-0.25, -0.2) is 0 Å². The van der Waals surface area contributed by atoms with Crippen LogP contribution in [0.1, 0.15) is 18.9 Å². The Labute approximate surface area is 113 Å². The van der Waals surface area contributed by atoms with Crippen LogP contribution in [0.15, 0.2) is 23.0 Å². The SMILES string of the molecule is CCCNC1COCC1C(=O)N(C)Cc1ccoc1. The summed E-state index contributed by atoms with van der Waals surface area (Å²) in [6.07, 6.45) is 4.35. The minimum atomic E-state index is -0.0801. The van der Waals surface area contributed by atoms with Gasteiger partial charge in [-0.3, -0.25) is 4.79 Å². The van der Waals surface area contributed by atoms with Gasteiger partial charge in [-0.15, -0.1) is 0 Å². The molecule has 2 unspecified atom stereocenters. The van der Waals surface area contributed by atoms with Crippen LogP contribution in [0, 0.1) is 5.92 Å². The van der Waals surface area contributed by atoms with Crippen LogP contribution < -0.4 is 5.32 Å². The fraction of sp³-hybridized carbons (Fsp3) is 0.643. The summed E-state index contributed by atoms with van der Waals surface area (Å²) in [6, 6.07) is 2.01. The molecule has 1 N–H and O–H groups in total. The van der Waals surface area contributed by atoms with Crippen molar-refractivity contribution in [2.45, 2.75) is 25.9 Å². The molecule has 0 saturated carbocycles. The van der Waals surface area contributed by atoms with Gasteiger partial charge in [0, 0.05) is 25.2 Å². The molecule has 1 saturated heterocycles. The van der Waals surface area contributed by atoms with E-state index in [1.807, 2.05) is 13.1 Å². The first-order chi connectivity index (χ1) is 9.22. The van der Waals surface area contributed by atoms with Crippen molar-refractivity contribution in [2.24, 2.45) is 5.92 Å². The van der Waals surface area contributed by atoms with Gasteiger partial charge in [0.1, 0.15) is 0 Å². The molecule has 0 spiro atoms. The molecule has 0 aromatic carbocycles. The molecular weight excluding hydrogens is 244 g/mol. The van der Waals surface area contributed by atoms with E-state index in [0.717, 1.165) is 18.5 Å². The van der Waals surface area contributed by atoms with Crippen molar-refractivity contribution in [3.63, 3.8) is 0 Å². The molecule has 1 aromatic heterocycles. The predicted molar refractivity (Wildman–Crippen MR) is 71.6 cm³/mol. The Kier molecular flexibility index (Phi) is 4.99. The van der Waals surface area contributed by atoms with Crippen molar-refractivity contribution in [1.82, 2.24) is 10.2 Å². The number of ether oxygens (including phenoxy) is 1. The van der Waals surface area contributed by atoms with Gasteiger partial charge >= 0.3 is 0 Å². The molecule has 1 fully saturated rings.